The Morgan fingerprint density at radius 1 is 0.824 bits per heavy atom. The molecule has 0 aromatic heterocycles. The summed E-state index contributed by atoms with van der Waals surface area (Å²) in [6, 6.07) is 16.6. The Labute approximate surface area is 202 Å². The van der Waals surface area contributed by atoms with E-state index < -0.39 is 0 Å². The average Bonchev–Trinajstić information content (AvgIpc) is 3.19. The van der Waals surface area contributed by atoms with Crippen molar-refractivity contribution in [2.24, 2.45) is 0 Å². The van der Waals surface area contributed by atoms with Crippen LogP contribution in [-0.4, -0.2) is 36.5 Å². The van der Waals surface area contributed by atoms with Gasteiger partial charge >= 0.3 is 0 Å². The first-order chi connectivity index (χ1) is 16.5. The SMILES string of the molecule is CCCCN1C(=O)c2cccc3c4c(cc(c23)C1=O)N(Cc1ccc(C)cc1)CN4CCCC. The second-order valence-corrected chi connectivity index (χ2v) is 9.58. The average molecular weight is 456 g/mol. The summed E-state index contributed by atoms with van der Waals surface area (Å²) in [7, 11) is 0. The molecule has 5 rings (SSSR count). The summed E-state index contributed by atoms with van der Waals surface area (Å²) < 4.78 is 0. The molecule has 0 atom stereocenters. The molecule has 2 heterocycles. The lowest BCUT2D eigenvalue weighted by atomic mass is 9.91. The predicted octanol–water partition coefficient (Wildman–Crippen LogP) is 6.13. The summed E-state index contributed by atoms with van der Waals surface area (Å²) in [6.45, 7) is 9.39. The van der Waals surface area contributed by atoms with Crippen LogP contribution in [0.2, 0.25) is 0 Å². The van der Waals surface area contributed by atoms with Gasteiger partial charge in [0.2, 0.25) is 0 Å². The first-order valence-electron chi connectivity index (χ1n) is 12.5. The van der Waals surface area contributed by atoms with Gasteiger partial charge in [0.25, 0.3) is 11.8 Å². The number of aryl methyl sites for hydroxylation is 1. The van der Waals surface area contributed by atoms with Crippen LogP contribution in [0, 0.1) is 6.92 Å². The molecule has 0 unspecified atom stereocenters. The molecule has 5 heteroatoms. The van der Waals surface area contributed by atoms with Crippen molar-refractivity contribution in [3.63, 3.8) is 0 Å². The Hall–Kier alpha value is -3.34. The Balaban J connectivity index is 1.65. The van der Waals surface area contributed by atoms with Crippen LogP contribution in [0.1, 0.15) is 71.4 Å². The number of benzene rings is 3. The van der Waals surface area contributed by atoms with Crippen LogP contribution in [0.25, 0.3) is 10.8 Å². The molecule has 3 aromatic rings. The first kappa shape index (κ1) is 22.5. The normalized spacial score (nSPS) is 15.0. The highest BCUT2D eigenvalue weighted by Crippen LogP contribution is 2.46. The molecule has 0 spiro atoms. The quantitative estimate of drug-likeness (QED) is 0.383. The third-order valence-electron chi connectivity index (χ3n) is 7.07. The molecule has 0 saturated carbocycles. The van der Waals surface area contributed by atoms with Gasteiger partial charge in [-0.1, -0.05) is 68.7 Å². The number of hydrogen-bond donors (Lipinski definition) is 0. The van der Waals surface area contributed by atoms with Crippen LogP contribution in [0.4, 0.5) is 11.4 Å². The van der Waals surface area contributed by atoms with Gasteiger partial charge in [-0.2, -0.15) is 0 Å². The third kappa shape index (κ3) is 3.73. The first-order valence-corrected chi connectivity index (χ1v) is 12.5. The van der Waals surface area contributed by atoms with Crippen LogP contribution in [0.3, 0.4) is 0 Å². The van der Waals surface area contributed by atoms with E-state index in [0.29, 0.717) is 17.7 Å². The Morgan fingerprint density at radius 2 is 1.53 bits per heavy atom. The fourth-order valence-corrected chi connectivity index (χ4v) is 5.21. The summed E-state index contributed by atoms with van der Waals surface area (Å²) in [5.41, 5.74) is 6.06. The Morgan fingerprint density at radius 3 is 2.26 bits per heavy atom. The van der Waals surface area contributed by atoms with Crippen molar-refractivity contribution in [1.29, 1.82) is 0 Å². The third-order valence-corrected chi connectivity index (χ3v) is 7.07. The van der Waals surface area contributed by atoms with Crippen molar-refractivity contribution in [2.75, 3.05) is 29.6 Å². The largest absolute Gasteiger partial charge is 0.352 e. The molecule has 0 fully saturated rings. The van der Waals surface area contributed by atoms with Crippen molar-refractivity contribution in [3.05, 3.63) is 70.8 Å². The number of nitrogens with zero attached hydrogens (tertiary/aromatic N) is 3. The number of anilines is 2. The van der Waals surface area contributed by atoms with Gasteiger partial charge in [0.1, 0.15) is 0 Å². The van der Waals surface area contributed by atoms with Gasteiger partial charge in [-0.3, -0.25) is 14.5 Å². The van der Waals surface area contributed by atoms with Crippen molar-refractivity contribution < 1.29 is 9.59 Å². The smallest absolute Gasteiger partial charge is 0.261 e. The van der Waals surface area contributed by atoms with Crippen LogP contribution < -0.4 is 9.80 Å². The number of carbonyl (C=O) groups excluding carboxylic acids is 2. The number of hydrogen-bond acceptors (Lipinski definition) is 4. The van der Waals surface area contributed by atoms with Gasteiger partial charge in [0, 0.05) is 36.0 Å². The minimum atomic E-state index is -0.161. The van der Waals surface area contributed by atoms with E-state index >= 15 is 0 Å². The lowest BCUT2D eigenvalue weighted by Gasteiger charge is -2.29. The topological polar surface area (TPSA) is 43.9 Å². The molecule has 0 radical (unpaired) electrons. The van der Waals surface area contributed by atoms with E-state index in [1.807, 2.05) is 12.1 Å². The highest BCUT2D eigenvalue weighted by atomic mass is 16.2. The van der Waals surface area contributed by atoms with Gasteiger partial charge in [-0.05, 0) is 37.5 Å². The van der Waals surface area contributed by atoms with Crippen molar-refractivity contribution in [3.8, 4) is 0 Å². The Kier molecular flexibility index (Phi) is 6.03. The van der Waals surface area contributed by atoms with Crippen LogP contribution in [-0.2, 0) is 6.54 Å². The van der Waals surface area contributed by atoms with E-state index in [1.165, 1.54) is 16.0 Å². The maximum Gasteiger partial charge on any atom is 0.261 e. The van der Waals surface area contributed by atoms with Crippen molar-refractivity contribution >= 4 is 34.0 Å². The van der Waals surface area contributed by atoms with E-state index in [2.05, 4.69) is 67.0 Å². The summed E-state index contributed by atoms with van der Waals surface area (Å²) in [6.07, 6.45) is 3.98. The summed E-state index contributed by atoms with van der Waals surface area (Å²) >= 11 is 0. The molecule has 34 heavy (non-hydrogen) atoms. The van der Waals surface area contributed by atoms with Crippen LogP contribution >= 0.6 is 0 Å². The zero-order valence-electron chi connectivity index (χ0n) is 20.4. The van der Waals surface area contributed by atoms with E-state index in [0.717, 1.165) is 67.6 Å². The zero-order valence-corrected chi connectivity index (χ0v) is 20.4. The van der Waals surface area contributed by atoms with Crippen LogP contribution in [0.15, 0.2) is 48.5 Å². The fourth-order valence-electron chi connectivity index (χ4n) is 5.21. The molecule has 0 saturated heterocycles. The molecule has 0 aliphatic carbocycles. The van der Waals surface area contributed by atoms with Crippen molar-refractivity contribution in [1.82, 2.24) is 4.90 Å². The molecule has 176 valence electrons. The minimum Gasteiger partial charge on any atom is -0.352 e. The highest BCUT2D eigenvalue weighted by Gasteiger charge is 2.37. The standard InChI is InChI=1S/C29H33N3O2/c1-4-6-15-30-19-31(18-21-13-11-20(3)12-14-21)25-17-24-26-22(27(25)30)9-8-10-23(26)28(33)32(29(24)34)16-7-5-2/h8-14,17H,4-7,15-16,18-19H2,1-3H3. The molecular weight excluding hydrogens is 422 g/mol. The van der Waals surface area contributed by atoms with Gasteiger partial charge < -0.3 is 9.80 Å². The summed E-state index contributed by atoms with van der Waals surface area (Å²) in [5, 5.41) is 1.84. The molecular formula is C29H33N3O2. The number of unbranched alkanes of at least 4 members (excludes halogenated alkanes) is 2. The van der Waals surface area contributed by atoms with Gasteiger partial charge in [0.05, 0.1) is 23.6 Å². The molecule has 5 nitrogen and oxygen atoms in total. The predicted molar refractivity (Wildman–Crippen MR) is 139 cm³/mol. The maximum absolute atomic E-state index is 13.5. The Bertz CT molecular complexity index is 1250. The van der Waals surface area contributed by atoms with Crippen LogP contribution in [0.5, 0.6) is 0 Å². The minimum absolute atomic E-state index is 0.160. The molecule has 2 aliphatic heterocycles. The molecule has 2 amide bonds. The molecule has 2 aliphatic rings. The maximum atomic E-state index is 13.5. The van der Waals surface area contributed by atoms with E-state index in [-0.39, 0.29) is 11.8 Å². The molecule has 0 N–H and O–H groups in total. The summed E-state index contributed by atoms with van der Waals surface area (Å²) in [5.74, 6) is -0.321. The number of rotatable bonds is 8. The number of fused-ring (bicyclic) bond motifs is 2. The number of imide groups is 1. The molecule has 3 aromatic carbocycles. The van der Waals surface area contributed by atoms with E-state index in [9.17, 15) is 9.59 Å². The molecule has 0 bridgehead atoms. The number of amides is 2. The second-order valence-electron chi connectivity index (χ2n) is 9.58. The van der Waals surface area contributed by atoms with E-state index in [4.69, 9.17) is 0 Å². The second kappa shape index (κ2) is 9.13. The lowest BCUT2D eigenvalue weighted by molar-refractivity contribution is 0.0608. The summed E-state index contributed by atoms with van der Waals surface area (Å²) in [4.78, 5) is 33.1. The monoisotopic (exact) mass is 455 g/mol. The van der Waals surface area contributed by atoms with Crippen molar-refractivity contribution in [2.45, 2.75) is 53.0 Å². The van der Waals surface area contributed by atoms with Gasteiger partial charge in [-0.25, -0.2) is 0 Å². The van der Waals surface area contributed by atoms with Gasteiger partial charge in [0.15, 0.2) is 0 Å². The lowest BCUT2D eigenvalue weighted by Crippen LogP contribution is -2.41. The van der Waals surface area contributed by atoms with E-state index in [1.54, 1.807) is 0 Å². The zero-order chi connectivity index (χ0) is 23.8. The fraction of sp³-hybridized carbons (Fsp3) is 0.379. The van der Waals surface area contributed by atoms with Gasteiger partial charge in [-0.15, -0.1) is 0 Å². The number of carbonyl (C=O) groups is 2. The highest BCUT2D eigenvalue weighted by molar-refractivity contribution is 6.28.